The number of likely N-dealkylation sites (tertiary alicyclic amines) is 1. The van der Waals surface area contributed by atoms with Gasteiger partial charge in [-0.2, -0.15) is 0 Å². The molecule has 0 bridgehead atoms. The van der Waals surface area contributed by atoms with E-state index in [2.05, 4.69) is 12.2 Å². The molecule has 24 heavy (non-hydrogen) atoms. The number of amides is 2. The molecular formula is C18H28ClN3O2. The molecule has 0 radical (unpaired) electrons. The topological polar surface area (TPSA) is 52.7 Å². The number of hydrogen-bond donors (Lipinski definition) is 1. The maximum Gasteiger partial charge on any atom is 0.253 e. The van der Waals surface area contributed by atoms with Gasteiger partial charge in [0.05, 0.1) is 0 Å². The first kappa shape index (κ1) is 20.5. The summed E-state index contributed by atoms with van der Waals surface area (Å²) in [5.74, 6) is 0.602. The van der Waals surface area contributed by atoms with Crippen LogP contribution in [-0.4, -0.2) is 61.9 Å². The van der Waals surface area contributed by atoms with Gasteiger partial charge in [-0.15, -0.1) is 12.4 Å². The molecule has 0 atom stereocenters. The molecule has 1 aliphatic heterocycles. The van der Waals surface area contributed by atoms with Crippen LogP contribution in [0.1, 0.15) is 40.5 Å². The van der Waals surface area contributed by atoms with Crippen molar-refractivity contribution in [1.82, 2.24) is 15.1 Å². The molecule has 1 saturated heterocycles. The van der Waals surface area contributed by atoms with Crippen LogP contribution in [0.2, 0.25) is 0 Å². The summed E-state index contributed by atoms with van der Waals surface area (Å²) >= 11 is 0. The monoisotopic (exact) mass is 353 g/mol. The number of carbonyl (C=O) groups excluding carboxylic acids is 2. The van der Waals surface area contributed by atoms with Gasteiger partial charge in [0.2, 0.25) is 0 Å². The van der Waals surface area contributed by atoms with E-state index in [4.69, 9.17) is 0 Å². The number of halogens is 1. The molecule has 0 aromatic heterocycles. The standard InChI is InChI=1S/C18H27N3O2.ClH/c1-4-19-13-14-8-10-21(11-9-14)18(23)16-7-5-6-15(12-16)17(22)20(2)3;/h5-7,12,14,19H,4,8-11,13H2,1-3H3;1H. The Kier molecular flexibility index (Phi) is 8.22. The molecule has 1 aromatic carbocycles. The summed E-state index contributed by atoms with van der Waals surface area (Å²) in [6.45, 7) is 5.72. The number of carbonyl (C=O) groups is 2. The zero-order valence-corrected chi connectivity index (χ0v) is 15.6. The van der Waals surface area contributed by atoms with Crippen molar-refractivity contribution in [3.8, 4) is 0 Å². The van der Waals surface area contributed by atoms with Crippen LogP contribution in [0.3, 0.4) is 0 Å². The van der Waals surface area contributed by atoms with Gasteiger partial charge in [-0.3, -0.25) is 9.59 Å². The first-order valence-corrected chi connectivity index (χ1v) is 8.34. The predicted octanol–water partition coefficient (Wildman–Crippen LogP) is 2.27. The minimum Gasteiger partial charge on any atom is -0.345 e. The number of rotatable bonds is 5. The van der Waals surface area contributed by atoms with E-state index in [1.54, 1.807) is 38.4 Å². The van der Waals surface area contributed by atoms with Crippen LogP contribution in [0.4, 0.5) is 0 Å². The van der Waals surface area contributed by atoms with Gasteiger partial charge in [-0.25, -0.2) is 0 Å². The minimum absolute atomic E-state index is 0. The summed E-state index contributed by atoms with van der Waals surface area (Å²) in [4.78, 5) is 28.1. The Morgan fingerprint density at radius 2 is 1.83 bits per heavy atom. The largest absolute Gasteiger partial charge is 0.345 e. The molecule has 2 rings (SSSR count). The Morgan fingerprint density at radius 1 is 1.21 bits per heavy atom. The molecule has 1 fully saturated rings. The fourth-order valence-electron chi connectivity index (χ4n) is 2.91. The summed E-state index contributed by atoms with van der Waals surface area (Å²) in [5, 5.41) is 3.38. The second kappa shape index (κ2) is 9.64. The fraction of sp³-hybridized carbons (Fsp3) is 0.556. The maximum atomic E-state index is 12.7. The van der Waals surface area contributed by atoms with E-state index in [9.17, 15) is 9.59 Å². The Morgan fingerprint density at radius 3 is 2.42 bits per heavy atom. The van der Waals surface area contributed by atoms with E-state index in [1.165, 1.54) is 4.90 Å². The van der Waals surface area contributed by atoms with E-state index < -0.39 is 0 Å². The van der Waals surface area contributed by atoms with Gasteiger partial charge in [0, 0.05) is 38.3 Å². The molecule has 5 nitrogen and oxygen atoms in total. The van der Waals surface area contributed by atoms with Gasteiger partial charge in [0.15, 0.2) is 0 Å². The average molecular weight is 354 g/mol. The van der Waals surface area contributed by atoms with Crippen LogP contribution in [0.25, 0.3) is 0 Å². The predicted molar refractivity (Wildman–Crippen MR) is 98.9 cm³/mol. The highest BCUT2D eigenvalue weighted by atomic mass is 35.5. The van der Waals surface area contributed by atoms with Crippen molar-refractivity contribution >= 4 is 24.2 Å². The lowest BCUT2D eigenvalue weighted by molar-refractivity contribution is 0.0690. The van der Waals surface area contributed by atoms with Crippen molar-refractivity contribution in [2.45, 2.75) is 19.8 Å². The molecular weight excluding hydrogens is 326 g/mol. The van der Waals surface area contributed by atoms with Crippen LogP contribution in [-0.2, 0) is 0 Å². The summed E-state index contributed by atoms with van der Waals surface area (Å²) in [6.07, 6.45) is 2.07. The molecule has 1 aromatic rings. The molecule has 0 saturated carbocycles. The third-order valence-corrected chi connectivity index (χ3v) is 4.35. The second-order valence-electron chi connectivity index (χ2n) is 6.32. The number of nitrogens with zero attached hydrogens (tertiary/aromatic N) is 2. The quantitative estimate of drug-likeness (QED) is 0.883. The van der Waals surface area contributed by atoms with Crippen LogP contribution in [0.5, 0.6) is 0 Å². The summed E-state index contributed by atoms with van der Waals surface area (Å²) in [5.41, 5.74) is 1.16. The highest BCUT2D eigenvalue weighted by molar-refractivity contribution is 5.99. The van der Waals surface area contributed by atoms with Gasteiger partial charge < -0.3 is 15.1 Å². The van der Waals surface area contributed by atoms with Gasteiger partial charge in [0.25, 0.3) is 11.8 Å². The summed E-state index contributed by atoms with van der Waals surface area (Å²) < 4.78 is 0. The molecule has 1 heterocycles. The number of nitrogens with one attached hydrogen (secondary N) is 1. The van der Waals surface area contributed by atoms with Crippen LogP contribution in [0, 0.1) is 5.92 Å². The van der Waals surface area contributed by atoms with Crippen molar-refractivity contribution in [3.63, 3.8) is 0 Å². The number of piperidine rings is 1. The molecule has 6 heteroatoms. The van der Waals surface area contributed by atoms with E-state index >= 15 is 0 Å². The third-order valence-electron chi connectivity index (χ3n) is 4.35. The van der Waals surface area contributed by atoms with E-state index in [0.29, 0.717) is 17.0 Å². The molecule has 134 valence electrons. The first-order chi connectivity index (χ1) is 11.0. The Labute approximate surface area is 150 Å². The van der Waals surface area contributed by atoms with Gasteiger partial charge >= 0.3 is 0 Å². The van der Waals surface area contributed by atoms with Crippen molar-refractivity contribution in [3.05, 3.63) is 35.4 Å². The Balaban J connectivity index is 0.00000288. The average Bonchev–Trinajstić information content (AvgIpc) is 2.59. The lowest BCUT2D eigenvalue weighted by Crippen LogP contribution is -2.40. The Hall–Kier alpha value is -1.59. The van der Waals surface area contributed by atoms with Crippen LogP contribution in [0.15, 0.2) is 24.3 Å². The lowest BCUT2D eigenvalue weighted by atomic mass is 9.96. The highest BCUT2D eigenvalue weighted by Gasteiger charge is 2.23. The van der Waals surface area contributed by atoms with Crippen molar-refractivity contribution < 1.29 is 9.59 Å². The molecule has 0 spiro atoms. The minimum atomic E-state index is -0.0796. The normalized spacial score (nSPS) is 14.9. The number of benzene rings is 1. The van der Waals surface area contributed by atoms with Crippen molar-refractivity contribution in [2.75, 3.05) is 40.3 Å². The van der Waals surface area contributed by atoms with Crippen molar-refractivity contribution in [2.24, 2.45) is 5.92 Å². The number of hydrogen-bond acceptors (Lipinski definition) is 3. The lowest BCUT2D eigenvalue weighted by Gasteiger charge is -2.32. The van der Waals surface area contributed by atoms with Crippen molar-refractivity contribution in [1.29, 1.82) is 0 Å². The van der Waals surface area contributed by atoms with Gasteiger partial charge in [-0.05, 0) is 50.0 Å². The smallest absolute Gasteiger partial charge is 0.253 e. The molecule has 0 aliphatic carbocycles. The highest BCUT2D eigenvalue weighted by Crippen LogP contribution is 2.19. The van der Waals surface area contributed by atoms with Crippen LogP contribution >= 0.6 is 12.4 Å². The summed E-state index contributed by atoms with van der Waals surface area (Å²) in [7, 11) is 3.43. The molecule has 2 amide bonds. The maximum absolute atomic E-state index is 12.7. The molecule has 1 aliphatic rings. The second-order valence-corrected chi connectivity index (χ2v) is 6.32. The van der Waals surface area contributed by atoms with E-state index in [0.717, 1.165) is 39.0 Å². The van der Waals surface area contributed by atoms with Crippen LogP contribution < -0.4 is 5.32 Å². The molecule has 0 unspecified atom stereocenters. The fourth-order valence-corrected chi connectivity index (χ4v) is 2.91. The SMILES string of the molecule is CCNCC1CCN(C(=O)c2cccc(C(=O)N(C)C)c2)CC1.Cl. The molecule has 1 N–H and O–H groups in total. The zero-order valence-electron chi connectivity index (χ0n) is 14.7. The third kappa shape index (κ3) is 5.21. The van der Waals surface area contributed by atoms with Gasteiger partial charge in [0.1, 0.15) is 0 Å². The zero-order chi connectivity index (χ0) is 16.8. The Bertz CT molecular complexity index is 555. The van der Waals surface area contributed by atoms with Gasteiger partial charge in [-0.1, -0.05) is 13.0 Å². The summed E-state index contributed by atoms with van der Waals surface area (Å²) in [6, 6.07) is 7.03. The van der Waals surface area contributed by atoms with E-state index in [-0.39, 0.29) is 24.2 Å². The first-order valence-electron chi connectivity index (χ1n) is 8.34. The van der Waals surface area contributed by atoms with E-state index in [1.807, 2.05) is 4.90 Å².